The highest BCUT2D eigenvalue weighted by atomic mass is 35.5. The Hall–Kier alpha value is -0.990. The normalized spacial score (nSPS) is 10.6. The molecule has 78 valence electrons. The molecule has 0 atom stereocenters. The third-order valence-electron chi connectivity index (χ3n) is 2.22. The Morgan fingerprint density at radius 1 is 1.27 bits per heavy atom. The molecule has 1 N–H and O–H groups in total. The summed E-state index contributed by atoms with van der Waals surface area (Å²) >= 11 is 11.9. The van der Waals surface area contributed by atoms with Crippen molar-refractivity contribution in [2.45, 2.75) is 13.3 Å². The van der Waals surface area contributed by atoms with Gasteiger partial charge in [0.1, 0.15) is 0 Å². The van der Waals surface area contributed by atoms with E-state index in [1.165, 1.54) is 0 Å². The largest absolute Gasteiger partial charge is 0.282 e. The van der Waals surface area contributed by atoms with E-state index in [0.717, 1.165) is 23.4 Å². The highest BCUT2D eigenvalue weighted by Crippen LogP contribution is 2.29. The molecule has 0 unspecified atom stereocenters. The zero-order chi connectivity index (χ0) is 10.8. The molecule has 0 spiro atoms. The van der Waals surface area contributed by atoms with Crippen LogP contribution in [0.3, 0.4) is 0 Å². The van der Waals surface area contributed by atoms with Crippen molar-refractivity contribution in [3.05, 3.63) is 40.0 Å². The molecule has 0 aliphatic rings. The van der Waals surface area contributed by atoms with Gasteiger partial charge in [-0.3, -0.25) is 5.10 Å². The van der Waals surface area contributed by atoms with E-state index in [-0.39, 0.29) is 0 Å². The van der Waals surface area contributed by atoms with E-state index in [1.54, 1.807) is 6.07 Å². The average molecular weight is 241 g/mol. The van der Waals surface area contributed by atoms with Gasteiger partial charge in [0.15, 0.2) is 0 Å². The molecule has 0 fully saturated rings. The van der Waals surface area contributed by atoms with Gasteiger partial charge in [-0.25, -0.2) is 0 Å². The molecule has 0 saturated carbocycles. The van der Waals surface area contributed by atoms with Gasteiger partial charge < -0.3 is 0 Å². The summed E-state index contributed by atoms with van der Waals surface area (Å²) in [5, 5.41) is 8.41. The quantitative estimate of drug-likeness (QED) is 0.847. The van der Waals surface area contributed by atoms with E-state index >= 15 is 0 Å². The zero-order valence-corrected chi connectivity index (χ0v) is 9.73. The van der Waals surface area contributed by atoms with Crippen molar-refractivity contribution in [1.82, 2.24) is 10.2 Å². The Morgan fingerprint density at radius 3 is 2.67 bits per heavy atom. The molecule has 0 radical (unpaired) electrons. The van der Waals surface area contributed by atoms with Gasteiger partial charge in [0, 0.05) is 16.3 Å². The predicted octanol–water partition coefficient (Wildman–Crippen LogP) is 3.95. The summed E-state index contributed by atoms with van der Waals surface area (Å²) in [6, 6.07) is 7.40. The number of aryl methyl sites for hydroxylation is 1. The number of aromatic nitrogens is 2. The van der Waals surface area contributed by atoms with Crippen LogP contribution in [0.15, 0.2) is 24.3 Å². The van der Waals surface area contributed by atoms with Gasteiger partial charge in [-0.05, 0) is 30.7 Å². The van der Waals surface area contributed by atoms with E-state index in [2.05, 4.69) is 17.1 Å². The summed E-state index contributed by atoms with van der Waals surface area (Å²) in [6.07, 6.45) is 0.929. The van der Waals surface area contributed by atoms with Crippen molar-refractivity contribution in [1.29, 1.82) is 0 Å². The molecule has 0 aliphatic heterocycles. The maximum Gasteiger partial charge on any atom is 0.0938 e. The van der Waals surface area contributed by atoms with Crippen LogP contribution in [0.2, 0.25) is 10.0 Å². The Balaban J connectivity index is 2.44. The zero-order valence-electron chi connectivity index (χ0n) is 8.22. The molecular formula is C11H10Cl2N2. The van der Waals surface area contributed by atoms with Crippen LogP contribution in [0, 0.1) is 0 Å². The van der Waals surface area contributed by atoms with Crippen LogP contribution < -0.4 is 0 Å². The van der Waals surface area contributed by atoms with E-state index in [4.69, 9.17) is 23.2 Å². The summed E-state index contributed by atoms with van der Waals surface area (Å²) < 4.78 is 0. The monoisotopic (exact) mass is 240 g/mol. The van der Waals surface area contributed by atoms with Crippen LogP contribution in [0.4, 0.5) is 0 Å². The Bertz CT molecular complexity index is 477. The first kappa shape index (κ1) is 10.5. The molecule has 4 heteroatoms. The predicted molar refractivity (Wildman–Crippen MR) is 63.4 cm³/mol. The van der Waals surface area contributed by atoms with Crippen molar-refractivity contribution in [2.24, 2.45) is 0 Å². The van der Waals surface area contributed by atoms with Crippen LogP contribution in [0.25, 0.3) is 11.3 Å². The van der Waals surface area contributed by atoms with Crippen LogP contribution in [0.5, 0.6) is 0 Å². The first-order valence-corrected chi connectivity index (χ1v) is 5.46. The highest BCUT2D eigenvalue weighted by Gasteiger charge is 2.07. The SMILES string of the molecule is CCc1cc(-c2ccc(Cl)cc2Cl)n[nH]1. The maximum atomic E-state index is 6.08. The van der Waals surface area contributed by atoms with Crippen molar-refractivity contribution in [3.8, 4) is 11.3 Å². The van der Waals surface area contributed by atoms with Gasteiger partial charge in [-0.15, -0.1) is 0 Å². The number of nitrogens with zero attached hydrogens (tertiary/aromatic N) is 1. The molecule has 15 heavy (non-hydrogen) atoms. The van der Waals surface area contributed by atoms with Crippen LogP contribution in [-0.2, 0) is 6.42 Å². The molecule has 2 aromatic rings. The highest BCUT2D eigenvalue weighted by molar-refractivity contribution is 6.36. The van der Waals surface area contributed by atoms with Crippen LogP contribution >= 0.6 is 23.2 Å². The van der Waals surface area contributed by atoms with Crippen molar-refractivity contribution >= 4 is 23.2 Å². The Kier molecular flexibility index (Phi) is 2.98. The van der Waals surface area contributed by atoms with Gasteiger partial charge in [-0.2, -0.15) is 5.10 Å². The molecule has 0 bridgehead atoms. The molecule has 1 aromatic heterocycles. The van der Waals surface area contributed by atoms with E-state index in [1.807, 2.05) is 18.2 Å². The Labute approximate surface area is 98.2 Å². The summed E-state index contributed by atoms with van der Waals surface area (Å²) in [4.78, 5) is 0. The summed E-state index contributed by atoms with van der Waals surface area (Å²) in [5.74, 6) is 0. The molecule has 0 saturated heterocycles. The third-order valence-corrected chi connectivity index (χ3v) is 2.77. The maximum absolute atomic E-state index is 6.08. The number of hydrogen-bond acceptors (Lipinski definition) is 1. The second kappa shape index (κ2) is 4.25. The number of hydrogen-bond donors (Lipinski definition) is 1. The smallest absolute Gasteiger partial charge is 0.0938 e. The number of rotatable bonds is 2. The first-order valence-electron chi connectivity index (χ1n) is 4.70. The molecule has 0 amide bonds. The number of halogens is 2. The minimum absolute atomic E-state index is 0.622. The lowest BCUT2D eigenvalue weighted by molar-refractivity contribution is 0.976. The van der Waals surface area contributed by atoms with Gasteiger partial charge in [0.25, 0.3) is 0 Å². The lowest BCUT2D eigenvalue weighted by atomic mass is 10.1. The van der Waals surface area contributed by atoms with Gasteiger partial charge >= 0.3 is 0 Å². The van der Waals surface area contributed by atoms with Crippen molar-refractivity contribution in [3.63, 3.8) is 0 Å². The second-order valence-corrected chi connectivity index (χ2v) is 4.10. The van der Waals surface area contributed by atoms with Crippen LogP contribution in [-0.4, -0.2) is 10.2 Å². The van der Waals surface area contributed by atoms with E-state index in [9.17, 15) is 0 Å². The second-order valence-electron chi connectivity index (χ2n) is 3.26. The summed E-state index contributed by atoms with van der Waals surface area (Å²) in [7, 11) is 0. The van der Waals surface area contributed by atoms with Crippen molar-refractivity contribution < 1.29 is 0 Å². The molecule has 2 rings (SSSR count). The van der Waals surface area contributed by atoms with Crippen molar-refractivity contribution in [2.75, 3.05) is 0 Å². The van der Waals surface area contributed by atoms with Crippen LogP contribution in [0.1, 0.15) is 12.6 Å². The molecule has 2 nitrogen and oxygen atoms in total. The van der Waals surface area contributed by atoms with Gasteiger partial charge in [0.2, 0.25) is 0 Å². The molecule has 0 aliphatic carbocycles. The summed E-state index contributed by atoms with van der Waals surface area (Å²) in [6.45, 7) is 2.07. The number of H-pyrrole nitrogens is 1. The number of benzene rings is 1. The third kappa shape index (κ3) is 2.16. The number of aromatic amines is 1. The first-order chi connectivity index (χ1) is 7.20. The fourth-order valence-corrected chi connectivity index (χ4v) is 1.88. The minimum Gasteiger partial charge on any atom is -0.282 e. The lowest BCUT2D eigenvalue weighted by Crippen LogP contribution is -1.79. The van der Waals surface area contributed by atoms with Gasteiger partial charge in [0.05, 0.1) is 10.7 Å². The molecule has 1 aromatic carbocycles. The Morgan fingerprint density at radius 2 is 2.07 bits per heavy atom. The standard InChI is InChI=1S/C11H10Cl2N2/c1-2-8-6-11(15-14-8)9-4-3-7(12)5-10(9)13/h3-6H,2H2,1H3,(H,14,15). The fourth-order valence-electron chi connectivity index (χ4n) is 1.38. The topological polar surface area (TPSA) is 28.7 Å². The molecular weight excluding hydrogens is 231 g/mol. The van der Waals surface area contributed by atoms with E-state index in [0.29, 0.717) is 10.0 Å². The number of nitrogens with one attached hydrogen (secondary N) is 1. The lowest BCUT2D eigenvalue weighted by Gasteiger charge is -1.99. The minimum atomic E-state index is 0.622. The molecule has 1 heterocycles. The average Bonchev–Trinajstić information content (AvgIpc) is 2.66. The van der Waals surface area contributed by atoms with E-state index < -0.39 is 0 Å². The fraction of sp³-hybridized carbons (Fsp3) is 0.182. The van der Waals surface area contributed by atoms with Gasteiger partial charge in [-0.1, -0.05) is 30.1 Å². The summed E-state index contributed by atoms with van der Waals surface area (Å²) in [5.41, 5.74) is 2.85.